The van der Waals surface area contributed by atoms with Crippen LogP contribution in [0.25, 0.3) is 11.2 Å². The highest BCUT2D eigenvalue weighted by molar-refractivity contribution is 5.71. The summed E-state index contributed by atoms with van der Waals surface area (Å²) in [6.45, 7) is 3.21. The second-order valence-electron chi connectivity index (χ2n) is 4.77. The van der Waals surface area contributed by atoms with Crippen LogP contribution in [0.1, 0.15) is 25.7 Å². The number of aryl methyl sites for hydroxylation is 2. The number of nitrogens with zero attached hydrogens (tertiary/aromatic N) is 4. The van der Waals surface area contributed by atoms with Crippen molar-refractivity contribution in [2.24, 2.45) is 14.1 Å². The first-order valence-corrected chi connectivity index (χ1v) is 5.82. The summed E-state index contributed by atoms with van der Waals surface area (Å²) >= 11 is 0. The lowest BCUT2D eigenvalue weighted by Gasteiger charge is -2.11. The molecule has 0 aliphatic heterocycles. The number of hydrogen-bond donors (Lipinski definition) is 0. The average molecular weight is 290 g/mol. The van der Waals surface area contributed by atoms with Gasteiger partial charge in [-0.3, -0.25) is 13.9 Å². The van der Waals surface area contributed by atoms with Crippen LogP contribution in [-0.4, -0.2) is 18.7 Å². The molecule has 0 spiro atoms. The summed E-state index contributed by atoms with van der Waals surface area (Å²) in [6, 6.07) is -0.463. The molecule has 0 fully saturated rings. The van der Waals surface area contributed by atoms with E-state index in [1.807, 2.05) is 0 Å². The fourth-order valence-electron chi connectivity index (χ4n) is 2.12. The van der Waals surface area contributed by atoms with Gasteiger partial charge in [0.25, 0.3) is 5.56 Å². The van der Waals surface area contributed by atoms with E-state index >= 15 is 0 Å². The maximum absolute atomic E-state index is 12.8. The van der Waals surface area contributed by atoms with Crippen LogP contribution >= 0.6 is 0 Å². The van der Waals surface area contributed by atoms with Crippen molar-refractivity contribution >= 4 is 11.2 Å². The molecular formula is C11H13F3N4O2. The number of imidazole rings is 1. The van der Waals surface area contributed by atoms with Gasteiger partial charge >= 0.3 is 11.9 Å². The summed E-state index contributed by atoms with van der Waals surface area (Å²) in [4.78, 5) is 27.6. The van der Waals surface area contributed by atoms with Crippen molar-refractivity contribution in [2.75, 3.05) is 0 Å². The van der Waals surface area contributed by atoms with Crippen molar-refractivity contribution in [1.29, 1.82) is 0 Å². The maximum atomic E-state index is 12.8. The zero-order chi connectivity index (χ0) is 15.4. The predicted molar refractivity (Wildman–Crippen MR) is 65.6 cm³/mol. The molecule has 0 aliphatic carbocycles. The van der Waals surface area contributed by atoms with Crippen LogP contribution < -0.4 is 11.2 Å². The molecule has 0 saturated heterocycles. The van der Waals surface area contributed by atoms with Crippen molar-refractivity contribution in [3.63, 3.8) is 0 Å². The van der Waals surface area contributed by atoms with Crippen molar-refractivity contribution in [3.8, 4) is 0 Å². The van der Waals surface area contributed by atoms with Gasteiger partial charge in [0, 0.05) is 20.1 Å². The van der Waals surface area contributed by atoms with Crippen molar-refractivity contribution in [1.82, 2.24) is 18.7 Å². The van der Waals surface area contributed by atoms with E-state index < -0.39 is 29.3 Å². The minimum Gasteiger partial charge on any atom is -0.318 e. The van der Waals surface area contributed by atoms with Crippen molar-refractivity contribution in [2.45, 2.75) is 26.1 Å². The number of alkyl halides is 3. The zero-order valence-electron chi connectivity index (χ0n) is 11.3. The fourth-order valence-corrected chi connectivity index (χ4v) is 2.12. The minimum atomic E-state index is -4.70. The molecule has 2 aromatic heterocycles. The Morgan fingerprint density at radius 2 is 1.65 bits per heavy atom. The van der Waals surface area contributed by atoms with Gasteiger partial charge in [-0.2, -0.15) is 13.2 Å². The molecule has 0 aromatic carbocycles. The van der Waals surface area contributed by atoms with E-state index in [1.54, 1.807) is 13.8 Å². The Morgan fingerprint density at radius 3 is 2.10 bits per heavy atom. The summed E-state index contributed by atoms with van der Waals surface area (Å²) in [7, 11) is 2.39. The molecule has 0 atom stereocenters. The molecule has 0 bridgehead atoms. The normalized spacial score (nSPS) is 12.6. The summed E-state index contributed by atoms with van der Waals surface area (Å²) in [5.41, 5.74) is -1.98. The van der Waals surface area contributed by atoms with Gasteiger partial charge in [0.2, 0.25) is 5.82 Å². The molecule has 0 amide bonds. The van der Waals surface area contributed by atoms with Gasteiger partial charge in [-0.1, -0.05) is 0 Å². The highest BCUT2D eigenvalue weighted by Crippen LogP contribution is 2.29. The van der Waals surface area contributed by atoms with E-state index in [-0.39, 0.29) is 11.2 Å². The van der Waals surface area contributed by atoms with E-state index in [0.717, 1.165) is 16.2 Å². The predicted octanol–water partition coefficient (Wildman–Crippen LogP) is 1.03. The Labute approximate surface area is 111 Å². The lowest BCUT2D eigenvalue weighted by Crippen LogP contribution is -2.40. The molecule has 0 aliphatic rings. The number of halogens is 3. The van der Waals surface area contributed by atoms with Crippen LogP contribution in [0.2, 0.25) is 0 Å². The molecule has 0 N–H and O–H groups in total. The van der Waals surface area contributed by atoms with E-state index in [2.05, 4.69) is 4.98 Å². The van der Waals surface area contributed by atoms with Gasteiger partial charge < -0.3 is 4.57 Å². The summed E-state index contributed by atoms with van der Waals surface area (Å²) in [5.74, 6) is -1.21. The standard InChI is InChI=1S/C11H13F3N4O2/c1-5(2)18-8(19)6-7(17(4)10(18)20)15-9(16(6)3)11(12,13)14/h5H,1-4H3. The molecule has 20 heavy (non-hydrogen) atoms. The third kappa shape index (κ3) is 1.84. The first-order valence-electron chi connectivity index (χ1n) is 5.82. The molecule has 6 nitrogen and oxygen atoms in total. The van der Waals surface area contributed by atoms with Crippen LogP contribution in [0.15, 0.2) is 9.59 Å². The first-order chi connectivity index (χ1) is 9.07. The molecule has 2 rings (SSSR count). The van der Waals surface area contributed by atoms with Crippen molar-refractivity contribution in [3.05, 3.63) is 26.7 Å². The lowest BCUT2D eigenvalue weighted by molar-refractivity contribution is -0.146. The number of rotatable bonds is 1. The average Bonchev–Trinajstić information content (AvgIpc) is 2.64. The summed E-state index contributed by atoms with van der Waals surface area (Å²) in [5, 5.41) is 0. The Hall–Kier alpha value is -2.06. The van der Waals surface area contributed by atoms with Gasteiger partial charge in [0.05, 0.1) is 0 Å². The smallest absolute Gasteiger partial charge is 0.318 e. The molecule has 0 saturated carbocycles. The van der Waals surface area contributed by atoms with E-state index in [9.17, 15) is 22.8 Å². The maximum Gasteiger partial charge on any atom is 0.449 e. The zero-order valence-corrected chi connectivity index (χ0v) is 11.3. The minimum absolute atomic E-state index is 0.242. The van der Waals surface area contributed by atoms with Crippen LogP contribution in [-0.2, 0) is 20.3 Å². The Bertz CT molecular complexity index is 795. The molecule has 0 unspecified atom stereocenters. The van der Waals surface area contributed by atoms with Gasteiger partial charge in [0.15, 0.2) is 11.2 Å². The number of hydrogen-bond acceptors (Lipinski definition) is 3. The largest absolute Gasteiger partial charge is 0.449 e. The SMILES string of the molecule is CC(C)n1c(=O)c2c(nc(C(F)(F)F)n2C)n(C)c1=O. The van der Waals surface area contributed by atoms with Gasteiger partial charge in [0.1, 0.15) is 0 Å². The third-order valence-corrected chi connectivity index (χ3v) is 3.08. The van der Waals surface area contributed by atoms with Crippen LogP contribution in [0.5, 0.6) is 0 Å². The van der Waals surface area contributed by atoms with Crippen LogP contribution in [0.3, 0.4) is 0 Å². The topological polar surface area (TPSA) is 61.8 Å². The third-order valence-electron chi connectivity index (χ3n) is 3.08. The molecule has 2 aromatic rings. The molecular weight excluding hydrogens is 277 g/mol. The van der Waals surface area contributed by atoms with E-state index in [4.69, 9.17) is 0 Å². The van der Waals surface area contributed by atoms with E-state index in [1.165, 1.54) is 7.05 Å². The quantitative estimate of drug-likeness (QED) is 0.788. The first kappa shape index (κ1) is 14.4. The Balaban J connectivity index is 3.06. The highest BCUT2D eigenvalue weighted by Gasteiger charge is 2.38. The highest BCUT2D eigenvalue weighted by atomic mass is 19.4. The van der Waals surface area contributed by atoms with Crippen molar-refractivity contribution < 1.29 is 13.2 Å². The summed E-state index contributed by atoms with van der Waals surface area (Å²) < 4.78 is 41.0. The molecule has 2 heterocycles. The second-order valence-corrected chi connectivity index (χ2v) is 4.77. The van der Waals surface area contributed by atoms with Gasteiger partial charge in [-0.15, -0.1) is 0 Å². The van der Waals surface area contributed by atoms with E-state index in [0.29, 0.717) is 4.57 Å². The monoisotopic (exact) mass is 290 g/mol. The lowest BCUT2D eigenvalue weighted by atomic mass is 10.3. The van der Waals surface area contributed by atoms with Gasteiger partial charge in [-0.25, -0.2) is 9.78 Å². The summed E-state index contributed by atoms with van der Waals surface area (Å²) in [6.07, 6.45) is -4.70. The Morgan fingerprint density at radius 1 is 1.10 bits per heavy atom. The molecule has 9 heteroatoms. The van der Waals surface area contributed by atoms with Crippen LogP contribution in [0.4, 0.5) is 13.2 Å². The molecule has 0 radical (unpaired) electrons. The number of aromatic nitrogens is 4. The van der Waals surface area contributed by atoms with Crippen LogP contribution in [0, 0.1) is 0 Å². The number of fused-ring (bicyclic) bond motifs is 1. The fraction of sp³-hybridized carbons (Fsp3) is 0.545. The Kier molecular flexibility index (Phi) is 3.03. The van der Waals surface area contributed by atoms with Gasteiger partial charge in [-0.05, 0) is 13.8 Å². The molecule has 110 valence electrons. The second kappa shape index (κ2) is 4.22.